The number of alkyl halides is 3. The molecule has 0 aliphatic carbocycles. The molecule has 0 saturated heterocycles. The summed E-state index contributed by atoms with van der Waals surface area (Å²) in [5.74, 6) is 1.30. The molecule has 140 valence electrons. The molecular formula is C20H22F3NO2. The van der Waals surface area contributed by atoms with Crippen molar-refractivity contribution in [2.45, 2.75) is 32.5 Å². The van der Waals surface area contributed by atoms with Crippen molar-refractivity contribution >= 4 is 0 Å². The highest BCUT2D eigenvalue weighted by Crippen LogP contribution is 2.39. The average Bonchev–Trinajstić information content (AvgIpc) is 2.61. The van der Waals surface area contributed by atoms with E-state index in [0.29, 0.717) is 36.8 Å². The monoisotopic (exact) mass is 365 g/mol. The second-order valence-electron chi connectivity index (χ2n) is 6.12. The normalized spacial score (nSPS) is 16.9. The van der Waals surface area contributed by atoms with Gasteiger partial charge >= 0.3 is 6.18 Å². The van der Waals surface area contributed by atoms with Gasteiger partial charge in [-0.2, -0.15) is 13.2 Å². The van der Waals surface area contributed by atoms with Gasteiger partial charge in [0.05, 0.1) is 24.8 Å². The lowest BCUT2D eigenvalue weighted by Gasteiger charge is -2.29. The van der Waals surface area contributed by atoms with Gasteiger partial charge in [-0.25, -0.2) is 0 Å². The van der Waals surface area contributed by atoms with Crippen molar-refractivity contribution in [3.8, 4) is 11.5 Å². The SMILES string of the molecule is CCOc1cc2c(cc1OCC)[C@@H](c1cccc(C(F)(F)F)c1)NCC2. The molecule has 26 heavy (non-hydrogen) atoms. The molecule has 0 unspecified atom stereocenters. The summed E-state index contributed by atoms with van der Waals surface area (Å²) in [7, 11) is 0. The predicted molar refractivity (Wildman–Crippen MR) is 93.8 cm³/mol. The first kappa shape index (κ1) is 18.6. The van der Waals surface area contributed by atoms with Crippen LogP contribution in [0.5, 0.6) is 11.5 Å². The summed E-state index contributed by atoms with van der Waals surface area (Å²) >= 11 is 0. The van der Waals surface area contributed by atoms with E-state index < -0.39 is 11.7 Å². The predicted octanol–water partition coefficient (Wildman–Crippen LogP) is 4.74. The molecule has 0 spiro atoms. The zero-order chi connectivity index (χ0) is 18.7. The van der Waals surface area contributed by atoms with Crippen LogP contribution in [0.15, 0.2) is 36.4 Å². The van der Waals surface area contributed by atoms with Gasteiger partial charge in [0.25, 0.3) is 0 Å². The van der Waals surface area contributed by atoms with Crippen LogP contribution in [0, 0.1) is 0 Å². The Bertz CT molecular complexity index is 774. The lowest BCUT2D eigenvalue weighted by atomic mass is 9.88. The van der Waals surface area contributed by atoms with Crippen LogP contribution in [0.1, 0.15) is 42.1 Å². The molecule has 0 saturated carbocycles. The number of hydrogen-bond donors (Lipinski definition) is 1. The number of rotatable bonds is 5. The maximum Gasteiger partial charge on any atom is 0.416 e. The lowest BCUT2D eigenvalue weighted by Crippen LogP contribution is -2.31. The fourth-order valence-electron chi connectivity index (χ4n) is 3.29. The maximum atomic E-state index is 13.1. The number of nitrogens with one attached hydrogen (secondary N) is 1. The first-order chi connectivity index (χ1) is 12.4. The van der Waals surface area contributed by atoms with Crippen LogP contribution in [0.25, 0.3) is 0 Å². The van der Waals surface area contributed by atoms with Crippen LogP contribution in [0.2, 0.25) is 0 Å². The van der Waals surface area contributed by atoms with E-state index in [1.165, 1.54) is 12.1 Å². The van der Waals surface area contributed by atoms with Crippen LogP contribution in [-0.4, -0.2) is 19.8 Å². The molecule has 0 bridgehead atoms. The van der Waals surface area contributed by atoms with Gasteiger partial charge in [0.15, 0.2) is 11.5 Å². The van der Waals surface area contributed by atoms with Crippen molar-refractivity contribution in [3.63, 3.8) is 0 Å². The lowest BCUT2D eigenvalue weighted by molar-refractivity contribution is -0.137. The second-order valence-corrected chi connectivity index (χ2v) is 6.12. The summed E-state index contributed by atoms with van der Waals surface area (Å²) in [5, 5.41) is 3.33. The zero-order valence-corrected chi connectivity index (χ0v) is 14.8. The van der Waals surface area contributed by atoms with Crippen molar-refractivity contribution < 1.29 is 22.6 Å². The van der Waals surface area contributed by atoms with E-state index in [2.05, 4.69) is 5.32 Å². The molecule has 1 aliphatic rings. The minimum atomic E-state index is -4.36. The van der Waals surface area contributed by atoms with Crippen molar-refractivity contribution in [1.82, 2.24) is 5.32 Å². The molecule has 6 heteroatoms. The second kappa shape index (κ2) is 7.58. The number of halogens is 3. The van der Waals surface area contributed by atoms with Gasteiger partial charge in [-0.15, -0.1) is 0 Å². The van der Waals surface area contributed by atoms with Gasteiger partial charge in [0, 0.05) is 6.54 Å². The molecule has 1 N–H and O–H groups in total. The molecule has 0 amide bonds. The van der Waals surface area contributed by atoms with E-state index in [-0.39, 0.29) is 6.04 Å². The first-order valence-electron chi connectivity index (χ1n) is 8.77. The number of ether oxygens (including phenoxy) is 2. The maximum absolute atomic E-state index is 13.1. The molecule has 0 radical (unpaired) electrons. The van der Waals surface area contributed by atoms with E-state index in [9.17, 15) is 13.2 Å². The Kier molecular flexibility index (Phi) is 5.41. The van der Waals surface area contributed by atoms with Gasteiger partial charge < -0.3 is 14.8 Å². The van der Waals surface area contributed by atoms with Crippen LogP contribution < -0.4 is 14.8 Å². The van der Waals surface area contributed by atoms with Gasteiger partial charge in [0.1, 0.15) is 0 Å². The Morgan fingerprint density at radius 1 is 1.04 bits per heavy atom. The smallest absolute Gasteiger partial charge is 0.416 e. The van der Waals surface area contributed by atoms with Crippen LogP contribution in [0.4, 0.5) is 13.2 Å². The molecule has 1 heterocycles. The summed E-state index contributed by atoms with van der Waals surface area (Å²) in [6.45, 7) is 5.49. The van der Waals surface area contributed by atoms with Crippen LogP contribution in [-0.2, 0) is 12.6 Å². The highest BCUT2D eigenvalue weighted by Gasteiger charge is 2.32. The van der Waals surface area contributed by atoms with E-state index in [4.69, 9.17) is 9.47 Å². The number of fused-ring (bicyclic) bond motifs is 1. The Hall–Kier alpha value is -2.21. The Labute approximate surface area is 151 Å². The van der Waals surface area contributed by atoms with Crippen molar-refractivity contribution in [3.05, 3.63) is 58.7 Å². The average molecular weight is 365 g/mol. The zero-order valence-electron chi connectivity index (χ0n) is 14.8. The third kappa shape index (κ3) is 3.80. The summed E-state index contributed by atoms with van der Waals surface area (Å²) in [5.41, 5.74) is 1.95. The summed E-state index contributed by atoms with van der Waals surface area (Å²) in [6, 6.07) is 9.01. The third-order valence-corrected chi connectivity index (χ3v) is 4.41. The summed E-state index contributed by atoms with van der Waals surface area (Å²) < 4.78 is 50.6. The molecule has 3 rings (SSSR count). The first-order valence-corrected chi connectivity index (χ1v) is 8.77. The van der Waals surface area contributed by atoms with E-state index in [1.54, 1.807) is 6.07 Å². The standard InChI is InChI=1S/C20H22F3NO2/c1-3-25-17-11-13-8-9-24-19(16(13)12-18(17)26-4-2)14-6-5-7-15(10-14)20(21,22)23/h5-7,10-12,19,24H,3-4,8-9H2,1-2H3/t19-/m1/s1. The van der Waals surface area contributed by atoms with Crippen LogP contribution in [0.3, 0.4) is 0 Å². The molecular weight excluding hydrogens is 343 g/mol. The minimum absolute atomic E-state index is 0.309. The van der Waals surface area contributed by atoms with E-state index in [0.717, 1.165) is 23.6 Å². The number of hydrogen-bond acceptors (Lipinski definition) is 3. The van der Waals surface area contributed by atoms with Gasteiger partial charge in [-0.3, -0.25) is 0 Å². The van der Waals surface area contributed by atoms with Crippen LogP contribution >= 0.6 is 0 Å². The van der Waals surface area contributed by atoms with E-state index in [1.807, 2.05) is 26.0 Å². The largest absolute Gasteiger partial charge is 0.490 e. The van der Waals surface area contributed by atoms with Gasteiger partial charge in [-0.05, 0) is 61.2 Å². The van der Waals surface area contributed by atoms with Crippen molar-refractivity contribution in [2.24, 2.45) is 0 Å². The fraction of sp³-hybridized carbons (Fsp3) is 0.400. The Morgan fingerprint density at radius 2 is 1.73 bits per heavy atom. The topological polar surface area (TPSA) is 30.5 Å². The molecule has 1 atom stereocenters. The van der Waals surface area contributed by atoms with Crippen molar-refractivity contribution in [1.29, 1.82) is 0 Å². The summed E-state index contributed by atoms with van der Waals surface area (Å²) in [4.78, 5) is 0. The summed E-state index contributed by atoms with van der Waals surface area (Å²) in [6.07, 6.45) is -3.57. The van der Waals surface area contributed by atoms with Gasteiger partial charge in [-0.1, -0.05) is 12.1 Å². The quantitative estimate of drug-likeness (QED) is 0.830. The molecule has 0 fully saturated rings. The molecule has 3 nitrogen and oxygen atoms in total. The third-order valence-electron chi connectivity index (χ3n) is 4.41. The van der Waals surface area contributed by atoms with Gasteiger partial charge in [0.2, 0.25) is 0 Å². The molecule has 0 aromatic heterocycles. The highest BCUT2D eigenvalue weighted by atomic mass is 19.4. The minimum Gasteiger partial charge on any atom is -0.490 e. The fourth-order valence-corrected chi connectivity index (χ4v) is 3.29. The van der Waals surface area contributed by atoms with E-state index >= 15 is 0 Å². The Morgan fingerprint density at radius 3 is 2.38 bits per heavy atom. The highest BCUT2D eigenvalue weighted by molar-refractivity contribution is 5.52. The number of benzene rings is 2. The molecule has 1 aliphatic heterocycles. The molecule has 2 aromatic carbocycles. The molecule has 2 aromatic rings. The Balaban J connectivity index is 2.04. The van der Waals surface area contributed by atoms with Crippen molar-refractivity contribution in [2.75, 3.05) is 19.8 Å².